The van der Waals surface area contributed by atoms with Crippen LogP contribution in [0.5, 0.6) is 0 Å². The Hall–Kier alpha value is -4.22. The molecular weight excluding hydrogens is 452 g/mol. The number of hydrogen-bond acceptors (Lipinski definition) is 7. The van der Waals surface area contributed by atoms with Crippen molar-refractivity contribution in [3.05, 3.63) is 83.1 Å². The molecule has 8 nitrogen and oxygen atoms in total. The Morgan fingerprint density at radius 2 is 2.00 bits per heavy atom. The van der Waals surface area contributed by atoms with E-state index in [9.17, 15) is 10.1 Å². The smallest absolute Gasteiger partial charge is 0.253 e. The molecule has 0 unspecified atom stereocenters. The normalized spacial score (nSPS) is 18.9. The van der Waals surface area contributed by atoms with Crippen LogP contribution >= 0.6 is 0 Å². The van der Waals surface area contributed by atoms with Gasteiger partial charge in [-0.05, 0) is 61.7 Å². The Bertz CT molecular complexity index is 1540. The molecular formula is C28H24N6O2. The molecule has 4 aromatic rings. The van der Waals surface area contributed by atoms with Gasteiger partial charge in [-0.1, -0.05) is 6.07 Å². The largest absolute Gasteiger partial charge is 0.373 e. The molecule has 1 N–H and O–H groups in total. The number of amides is 1. The summed E-state index contributed by atoms with van der Waals surface area (Å²) in [6.45, 7) is 2.66. The van der Waals surface area contributed by atoms with Crippen molar-refractivity contribution < 1.29 is 9.53 Å². The molecule has 178 valence electrons. The molecule has 36 heavy (non-hydrogen) atoms. The first kappa shape index (κ1) is 22.3. The van der Waals surface area contributed by atoms with E-state index in [-0.39, 0.29) is 19.1 Å². The number of nitrogens with one attached hydrogen (secondary N) is 1. The van der Waals surface area contributed by atoms with Crippen molar-refractivity contribution in [2.45, 2.75) is 44.2 Å². The zero-order valence-corrected chi connectivity index (χ0v) is 19.9. The number of rotatable bonds is 5. The van der Waals surface area contributed by atoms with Crippen molar-refractivity contribution in [1.29, 1.82) is 5.26 Å². The Balaban J connectivity index is 1.21. The van der Waals surface area contributed by atoms with E-state index in [2.05, 4.69) is 27.4 Å². The lowest BCUT2D eigenvalue weighted by atomic mass is 9.82. The minimum absolute atomic E-state index is 0.242. The summed E-state index contributed by atoms with van der Waals surface area (Å²) in [7, 11) is 0. The third kappa shape index (κ3) is 4.18. The monoisotopic (exact) mass is 476 g/mol. The molecule has 0 radical (unpaired) electrons. The molecule has 0 bridgehead atoms. The van der Waals surface area contributed by atoms with Gasteiger partial charge in [0.05, 0.1) is 59.7 Å². The molecule has 6 rings (SSSR count). The van der Waals surface area contributed by atoms with Gasteiger partial charge in [-0.25, -0.2) is 4.98 Å². The van der Waals surface area contributed by atoms with Crippen LogP contribution in [0.3, 0.4) is 0 Å². The second-order valence-electron chi connectivity index (χ2n) is 9.62. The topological polar surface area (TPSA) is 114 Å². The fourth-order valence-corrected chi connectivity index (χ4v) is 4.50. The van der Waals surface area contributed by atoms with E-state index in [0.717, 1.165) is 33.5 Å². The molecule has 0 spiro atoms. The van der Waals surface area contributed by atoms with Gasteiger partial charge in [0.25, 0.3) is 5.91 Å². The third-order valence-corrected chi connectivity index (χ3v) is 6.79. The Morgan fingerprint density at radius 1 is 1.14 bits per heavy atom. The van der Waals surface area contributed by atoms with Crippen molar-refractivity contribution >= 4 is 16.8 Å². The fourth-order valence-electron chi connectivity index (χ4n) is 4.50. The molecule has 1 atom stereocenters. The van der Waals surface area contributed by atoms with Crippen LogP contribution in [0, 0.1) is 11.3 Å². The highest BCUT2D eigenvalue weighted by Gasteiger charge is 2.34. The summed E-state index contributed by atoms with van der Waals surface area (Å²) in [4.78, 5) is 31.4. The van der Waals surface area contributed by atoms with Crippen molar-refractivity contribution in [2.75, 3.05) is 6.61 Å². The van der Waals surface area contributed by atoms with E-state index in [0.29, 0.717) is 29.5 Å². The molecule has 2 aliphatic rings. The quantitative estimate of drug-likeness (QED) is 0.459. The minimum Gasteiger partial charge on any atom is -0.373 e. The van der Waals surface area contributed by atoms with Crippen LogP contribution in [0.1, 0.15) is 58.7 Å². The predicted molar refractivity (Wildman–Crippen MR) is 133 cm³/mol. The fraction of sp³-hybridized carbons (Fsp3) is 0.286. The van der Waals surface area contributed by atoms with E-state index in [4.69, 9.17) is 14.7 Å². The lowest BCUT2D eigenvalue weighted by molar-refractivity contribution is 0.0726. The SMILES string of the molecule is C[C@@]1(C#N)COCc2ncc(C(=O)NCc3cc4nc(-c5cccc(C6CC6)n5)ccc4cn3)cc21. The van der Waals surface area contributed by atoms with E-state index < -0.39 is 5.41 Å². The molecule has 1 aliphatic heterocycles. The van der Waals surface area contributed by atoms with Gasteiger partial charge in [0.1, 0.15) is 5.41 Å². The molecule has 1 saturated carbocycles. The maximum atomic E-state index is 12.9. The number of nitrogens with zero attached hydrogens (tertiary/aromatic N) is 5. The van der Waals surface area contributed by atoms with Gasteiger partial charge in [0.2, 0.25) is 0 Å². The molecule has 1 aliphatic carbocycles. The number of hydrogen-bond donors (Lipinski definition) is 1. The van der Waals surface area contributed by atoms with Gasteiger partial charge in [-0.15, -0.1) is 0 Å². The average molecular weight is 477 g/mol. The number of aromatic nitrogens is 4. The van der Waals surface area contributed by atoms with Crippen LogP contribution in [0.2, 0.25) is 0 Å². The Morgan fingerprint density at radius 3 is 2.83 bits per heavy atom. The van der Waals surface area contributed by atoms with Crippen LogP contribution < -0.4 is 5.32 Å². The third-order valence-electron chi connectivity index (χ3n) is 6.79. The van der Waals surface area contributed by atoms with Crippen LogP contribution in [-0.2, 0) is 23.3 Å². The summed E-state index contributed by atoms with van der Waals surface area (Å²) in [6.07, 6.45) is 5.69. The molecule has 0 saturated heterocycles. The van der Waals surface area contributed by atoms with Crippen LogP contribution in [0.4, 0.5) is 0 Å². The number of fused-ring (bicyclic) bond motifs is 2. The van der Waals surface area contributed by atoms with Crippen molar-refractivity contribution in [3.63, 3.8) is 0 Å². The summed E-state index contributed by atoms with van der Waals surface area (Å²) >= 11 is 0. The summed E-state index contributed by atoms with van der Waals surface area (Å²) in [5, 5.41) is 13.5. The van der Waals surface area contributed by atoms with Gasteiger partial charge in [0.15, 0.2) is 0 Å². The molecule has 1 fully saturated rings. The number of pyridine rings is 4. The van der Waals surface area contributed by atoms with Gasteiger partial charge in [0, 0.05) is 29.4 Å². The first-order valence-corrected chi connectivity index (χ1v) is 12.0. The van der Waals surface area contributed by atoms with Crippen molar-refractivity contribution in [1.82, 2.24) is 25.3 Å². The minimum atomic E-state index is -0.826. The zero-order chi connectivity index (χ0) is 24.7. The average Bonchev–Trinajstić information content (AvgIpc) is 3.77. The van der Waals surface area contributed by atoms with Gasteiger partial charge in [-0.2, -0.15) is 5.26 Å². The maximum absolute atomic E-state index is 12.9. The predicted octanol–water partition coefficient (Wildman–Crippen LogP) is 4.21. The van der Waals surface area contributed by atoms with Crippen molar-refractivity contribution in [3.8, 4) is 17.5 Å². The van der Waals surface area contributed by atoms with E-state index in [1.54, 1.807) is 19.2 Å². The highest BCUT2D eigenvalue weighted by atomic mass is 16.5. The summed E-state index contributed by atoms with van der Waals surface area (Å²) in [5.74, 6) is 0.305. The van der Waals surface area contributed by atoms with Crippen LogP contribution in [0.25, 0.3) is 22.3 Å². The van der Waals surface area contributed by atoms with Crippen LogP contribution in [0.15, 0.2) is 54.9 Å². The molecule has 0 aromatic carbocycles. The number of ether oxygens (including phenoxy) is 1. The molecule has 5 heterocycles. The van der Waals surface area contributed by atoms with E-state index >= 15 is 0 Å². The Labute approximate surface area is 208 Å². The second-order valence-corrected chi connectivity index (χ2v) is 9.62. The first-order chi connectivity index (χ1) is 17.5. The lowest BCUT2D eigenvalue weighted by Gasteiger charge is -2.29. The van der Waals surface area contributed by atoms with Gasteiger partial charge >= 0.3 is 0 Å². The highest BCUT2D eigenvalue weighted by molar-refractivity contribution is 5.94. The summed E-state index contributed by atoms with van der Waals surface area (Å²) < 4.78 is 5.50. The summed E-state index contributed by atoms with van der Waals surface area (Å²) in [5.41, 5.74) is 5.31. The van der Waals surface area contributed by atoms with Crippen LogP contribution in [-0.4, -0.2) is 32.4 Å². The lowest BCUT2D eigenvalue weighted by Crippen LogP contribution is -2.33. The van der Waals surface area contributed by atoms with E-state index in [1.165, 1.54) is 19.0 Å². The van der Waals surface area contributed by atoms with Crippen molar-refractivity contribution in [2.24, 2.45) is 0 Å². The second kappa shape index (κ2) is 8.77. The zero-order valence-electron chi connectivity index (χ0n) is 19.9. The highest BCUT2D eigenvalue weighted by Crippen LogP contribution is 2.39. The van der Waals surface area contributed by atoms with E-state index in [1.807, 2.05) is 30.3 Å². The molecule has 1 amide bonds. The van der Waals surface area contributed by atoms with Gasteiger partial charge < -0.3 is 10.1 Å². The molecule has 8 heteroatoms. The first-order valence-electron chi connectivity index (χ1n) is 12.0. The van der Waals surface area contributed by atoms with Gasteiger partial charge in [-0.3, -0.25) is 19.7 Å². The number of carbonyl (C=O) groups excluding carboxylic acids is 1. The maximum Gasteiger partial charge on any atom is 0.253 e. The standard InChI is InChI=1S/C28H24N6O2/c1-28(15-29)16-36-14-26-21(28)9-19(12-31-26)27(35)32-13-20-10-25-18(11-30-20)7-8-24(34-25)23-4-2-3-22(33-23)17-5-6-17/h2-4,7-12,17H,5-6,13-14,16H2,1H3,(H,32,35)/t28-/m1/s1. The number of nitriles is 1. The molecule has 4 aromatic heterocycles. The summed E-state index contributed by atoms with van der Waals surface area (Å²) in [6, 6.07) is 16.0. The Kier molecular flexibility index (Phi) is 5.42. The number of carbonyl (C=O) groups is 1.